The molecule has 0 heterocycles. The van der Waals surface area contributed by atoms with E-state index in [1.807, 2.05) is 0 Å². The predicted octanol–water partition coefficient (Wildman–Crippen LogP) is 9.99. The molecule has 4 rings (SSSR count). The van der Waals surface area contributed by atoms with Gasteiger partial charge in [0.1, 0.15) is 0 Å². The zero-order chi connectivity index (χ0) is 25.3. The summed E-state index contributed by atoms with van der Waals surface area (Å²) < 4.78 is 0. The molecule has 0 bridgehead atoms. The Morgan fingerprint density at radius 2 is 1.80 bits per heavy atom. The maximum atomic E-state index is 4.59. The summed E-state index contributed by atoms with van der Waals surface area (Å²) in [5.74, 6) is 0.791. The maximum Gasteiger partial charge on any atom is 0.00827 e. The molecule has 0 radical (unpaired) electrons. The molecule has 184 valence electrons. The molecule has 2 atom stereocenters. The molecule has 0 spiro atoms. The summed E-state index contributed by atoms with van der Waals surface area (Å²) in [6, 6.07) is 11.7. The quantitative estimate of drug-likeness (QED) is 0.358. The van der Waals surface area contributed by atoms with Crippen LogP contribution in [0.25, 0.3) is 17.2 Å². The van der Waals surface area contributed by atoms with Gasteiger partial charge in [0.25, 0.3) is 0 Å². The Labute approximate surface area is 214 Å². The summed E-state index contributed by atoms with van der Waals surface area (Å²) in [6.45, 7) is 22.8. The molecule has 2 aromatic rings. The fourth-order valence-electron chi connectivity index (χ4n) is 6.10. The maximum absolute atomic E-state index is 4.59. The second kappa shape index (κ2) is 10.2. The van der Waals surface area contributed by atoms with Crippen LogP contribution >= 0.6 is 0 Å². The van der Waals surface area contributed by atoms with Crippen LogP contribution in [0.3, 0.4) is 0 Å². The molecular formula is C35H44. The molecule has 0 nitrogen and oxygen atoms in total. The standard InChI is InChI=1S/C35H44/c1-9-10-13-30-25(4)17-23(2)18-34(30)31-14-11-12-28-19-27(21-33(28)31)20-32-24(3)15-16-29(26(32)5)22-35(6,7)8/h11-12,14-19,29,32H,3,5,9-10,13,20-22H2,1-2,4,6-8H3. The fraction of sp³-hybridized carbons (Fsp3) is 0.429. The Morgan fingerprint density at radius 1 is 1.03 bits per heavy atom. The zero-order valence-corrected chi connectivity index (χ0v) is 22.9. The molecule has 0 heteroatoms. The first-order chi connectivity index (χ1) is 16.6. The Morgan fingerprint density at radius 3 is 2.51 bits per heavy atom. The van der Waals surface area contributed by atoms with Crippen LogP contribution in [0, 0.1) is 31.1 Å². The first-order valence-corrected chi connectivity index (χ1v) is 13.5. The molecule has 0 saturated heterocycles. The lowest BCUT2D eigenvalue weighted by Gasteiger charge is -2.33. The second-order valence-corrected chi connectivity index (χ2v) is 12.2. The third-order valence-corrected chi connectivity index (χ3v) is 7.88. The van der Waals surface area contributed by atoms with E-state index in [0.717, 1.165) is 25.7 Å². The Balaban J connectivity index is 1.61. The number of fused-ring (bicyclic) bond motifs is 1. The van der Waals surface area contributed by atoms with E-state index in [4.69, 9.17) is 0 Å². The second-order valence-electron chi connectivity index (χ2n) is 12.2. The molecule has 0 amide bonds. The van der Waals surface area contributed by atoms with Crippen molar-refractivity contribution >= 4 is 6.08 Å². The Bertz CT molecular complexity index is 1190. The number of rotatable bonds is 7. The van der Waals surface area contributed by atoms with Crippen molar-refractivity contribution in [3.8, 4) is 11.1 Å². The zero-order valence-electron chi connectivity index (χ0n) is 22.9. The van der Waals surface area contributed by atoms with Crippen LogP contribution in [-0.2, 0) is 12.8 Å². The van der Waals surface area contributed by atoms with E-state index >= 15 is 0 Å². The van der Waals surface area contributed by atoms with Crippen LogP contribution < -0.4 is 0 Å². The van der Waals surface area contributed by atoms with E-state index < -0.39 is 0 Å². The highest BCUT2D eigenvalue weighted by Crippen LogP contribution is 2.44. The highest BCUT2D eigenvalue weighted by atomic mass is 14.3. The normalized spacial score (nSPS) is 19.8. The van der Waals surface area contributed by atoms with Crippen molar-refractivity contribution in [1.29, 1.82) is 0 Å². The third kappa shape index (κ3) is 5.64. The largest absolute Gasteiger partial charge is 0.0986 e. The summed E-state index contributed by atoms with van der Waals surface area (Å²) in [4.78, 5) is 0. The predicted molar refractivity (Wildman–Crippen MR) is 155 cm³/mol. The molecule has 2 unspecified atom stereocenters. The van der Waals surface area contributed by atoms with Crippen molar-refractivity contribution in [2.75, 3.05) is 0 Å². The number of aryl methyl sites for hydroxylation is 2. The Kier molecular flexibility index (Phi) is 7.41. The smallest absolute Gasteiger partial charge is 0.00827 e. The highest BCUT2D eigenvalue weighted by molar-refractivity contribution is 5.80. The van der Waals surface area contributed by atoms with E-state index in [9.17, 15) is 0 Å². The van der Waals surface area contributed by atoms with Gasteiger partial charge < -0.3 is 0 Å². The minimum Gasteiger partial charge on any atom is -0.0986 e. The van der Waals surface area contributed by atoms with Crippen LogP contribution in [0.2, 0.25) is 0 Å². The average Bonchev–Trinajstić information content (AvgIpc) is 3.19. The first-order valence-electron chi connectivity index (χ1n) is 13.5. The van der Waals surface area contributed by atoms with Gasteiger partial charge in [0, 0.05) is 5.92 Å². The molecule has 35 heavy (non-hydrogen) atoms. The summed E-state index contributed by atoms with van der Waals surface area (Å²) in [5.41, 5.74) is 14.5. The first kappa shape index (κ1) is 25.5. The fourth-order valence-corrected chi connectivity index (χ4v) is 6.10. The lowest BCUT2D eigenvalue weighted by molar-refractivity contribution is 0.334. The minimum absolute atomic E-state index is 0.292. The van der Waals surface area contributed by atoms with E-state index in [2.05, 4.69) is 103 Å². The van der Waals surface area contributed by atoms with E-state index in [1.165, 1.54) is 68.5 Å². The number of unbranched alkanes of at least 4 members (excludes halogenated alkanes) is 1. The molecule has 0 saturated carbocycles. The summed E-state index contributed by atoms with van der Waals surface area (Å²) >= 11 is 0. The van der Waals surface area contributed by atoms with Gasteiger partial charge in [-0.25, -0.2) is 0 Å². The van der Waals surface area contributed by atoms with Gasteiger partial charge in [-0.15, -0.1) is 0 Å². The van der Waals surface area contributed by atoms with Crippen molar-refractivity contribution in [1.82, 2.24) is 0 Å². The van der Waals surface area contributed by atoms with Crippen LogP contribution in [0.1, 0.15) is 81.2 Å². The van der Waals surface area contributed by atoms with Crippen LogP contribution in [0.5, 0.6) is 0 Å². The number of benzene rings is 2. The third-order valence-electron chi connectivity index (χ3n) is 7.88. The summed E-state index contributed by atoms with van der Waals surface area (Å²) in [7, 11) is 0. The van der Waals surface area contributed by atoms with Crippen LogP contribution in [0.15, 0.2) is 72.4 Å². The van der Waals surface area contributed by atoms with Crippen LogP contribution in [0.4, 0.5) is 0 Å². The minimum atomic E-state index is 0.292. The molecular weight excluding hydrogens is 420 g/mol. The number of allylic oxidation sites excluding steroid dienone is 5. The van der Waals surface area contributed by atoms with Gasteiger partial charge in [0.2, 0.25) is 0 Å². The monoisotopic (exact) mass is 464 g/mol. The average molecular weight is 465 g/mol. The SMILES string of the molecule is C=C1C=CC(CC(C)(C)C)C(=C)C1CC1=Cc2cccc(-c3cc(C)cc(C)c3CCCC)c2C1. The number of hydrogen-bond donors (Lipinski definition) is 0. The molecule has 2 aliphatic carbocycles. The van der Waals surface area contributed by atoms with Gasteiger partial charge in [-0.05, 0) is 96.2 Å². The van der Waals surface area contributed by atoms with E-state index in [-0.39, 0.29) is 0 Å². The summed E-state index contributed by atoms with van der Waals surface area (Å²) in [5, 5.41) is 0. The molecule has 0 aliphatic heterocycles. The molecule has 2 aliphatic rings. The van der Waals surface area contributed by atoms with E-state index in [1.54, 1.807) is 0 Å². The lowest BCUT2D eigenvalue weighted by Crippen LogP contribution is -2.21. The van der Waals surface area contributed by atoms with Gasteiger partial charge in [-0.3, -0.25) is 0 Å². The van der Waals surface area contributed by atoms with E-state index in [0.29, 0.717) is 17.3 Å². The molecule has 0 N–H and O–H groups in total. The van der Waals surface area contributed by atoms with Crippen LogP contribution in [-0.4, -0.2) is 0 Å². The van der Waals surface area contributed by atoms with Crippen molar-refractivity contribution in [2.24, 2.45) is 17.3 Å². The lowest BCUT2D eigenvalue weighted by atomic mass is 9.71. The molecule has 0 aromatic heterocycles. The van der Waals surface area contributed by atoms with Crippen molar-refractivity contribution in [3.05, 3.63) is 100 Å². The van der Waals surface area contributed by atoms with Gasteiger partial charge in [0.05, 0.1) is 0 Å². The molecule has 2 aromatic carbocycles. The van der Waals surface area contributed by atoms with Crippen molar-refractivity contribution in [3.63, 3.8) is 0 Å². The van der Waals surface area contributed by atoms with Gasteiger partial charge in [0.15, 0.2) is 0 Å². The van der Waals surface area contributed by atoms with Gasteiger partial charge in [-0.2, -0.15) is 0 Å². The van der Waals surface area contributed by atoms with Crippen molar-refractivity contribution < 1.29 is 0 Å². The van der Waals surface area contributed by atoms with Gasteiger partial charge >= 0.3 is 0 Å². The number of hydrogen-bond acceptors (Lipinski definition) is 0. The van der Waals surface area contributed by atoms with Gasteiger partial charge in [-0.1, -0.05) is 113 Å². The topological polar surface area (TPSA) is 0 Å². The Hall–Kier alpha value is -2.60. The van der Waals surface area contributed by atoms with Crippen molar-refractivity contribution in [2.45, 2.75) is 80.1 Å². The highest BCUT2D eigenvalue weighted by Gasteiger charge is 2.30. The molecule has 0 fully saturated rings. The summed E-state index contributed by atoms with van der Waals surface area (Å²) in [6.07, 6.45) is 13.9.